The summed E-state index contributed by atoms with van der Waals surface area (Å²) in [6, 6.07) is 0. The molecule has 0 bridgehead atoms. The van der Waals surface area contributed by atoms with Gasteiger partial charge < -0.3 is 14.6 Å². The lowest BCUT2D eigenvalue weighted by Crippen LogP contribution is -2.43. The van der Waals surface area contributed by atoms with Crippen LogP contribution in [0.15, 0.2) is 4.52 Å². The predicted octanol–water partition coefficient (Wildman–Crippen LogP) is 3.15. The molecule has 0 aromatic carbocycles. The van der Waals surface area contributed by atoms with Crippen molar-refractivity contribution in [2.75, 3.05) is 20.2 Å². The molecule has 0 spiro atoms. The fourth-order valence-electron chi connectivity index (χ4n) is 3.52. The van der Waals surface area contributed by atoms with Crippen molar-refractivity contribution in [3.8, 4) is 0 Å². The minimum absolute atomic E-state index is 0.000779. The third-order valence-corrected chi connectivity index (χ3v) is 5.02. The molecule has 1 aromatic rings. The van der Waals surface area contributed by atoms with Crippen LogP contribution < -0.4 is 5.32 Å². The van der Waals surface area contributed by atoms with Crippen LogP contribution in [-0.2, 0) is 15.8 Å². The summed E-state index contributed by atoms with van der Waals surface area (Å²) in [5, 5.41) is 7.75. The second-order valence-corrected chi connectivity index (χ2v) is 6.14. The summed E-state index contributed by atoms with van der Waals surface area (Å²) in [4.78, 5) is 4.77. The molecule has 0 radical (unpaired) electrons. The molecule has 120 valence electrons. The van der Waals surface area contributed by atoms with E-state index in [1.54, 1.807) is 7.11 Å². The van der Waals surface area contributed by atoms with Gasteiger partial charge in [-0.1, -0.05) is 32.3 Å². The minimum atomic E-state index is -0.419. The molecule has 0 saturated carbocycles. The van der Waals surface area contributed by atoms with Crippen LogP contribution in [0.2, 0.25) is 0 Å². The van der Waals surface area contributed by atoms with Crippen molar-refractivity contribution in [3.05, 3.63) is 11.7 Å². The van der Waals surface area contributed by atoms with Crippen molar-refractivity contribution < 1.29 is 9.26 Å². The third-order valence-electron chi connectivity index (χ3n) is 5.02. The van der Waals surface area contributed by atoms with Crippen molar-refractivity contribution >= 4 is 0 Å². The van der Waals surface area contributed by atoms with Gasteiger partial charge in [-0.2, -0.15) is 4.98 Å². The first-order valence-electron chi connectivity index (χ1n) is 8.27. The van der Waals surface area contributed by atoms with Gasteiger partial charge in [0.05, 0.1) is 5.41 Å². The van der Waals surface area contributed by atoms with Crippen molar-refractivity contribution in [2.24, 2.45) is 0 Å². The summed E-state index contributed by atoms with van der Waals surface area (Å²) in [5.74, 6) is 1.49. The quantitative estimate of drug-likeness (QED) is 0.837. The summed E-state index contributed by atoms with van der Waals surface area (Å²) < 4.78 is 11.4. The van der Waals surface area contributed by atoms with Crippen LogP contribution in [0.25, 0.3) is 0 Å². The Morgan fingerprint density at radius 1 is 1.33 bits per heavy atom. The molecule has 5 nitrogen and oxygen atoms in total. The molecule has 1 aliphatic rings. The molecule has 1 unspecified atom stereocenters. The molecule has 1 fully saturated rings. The van der Waals surface area contributed by atoms with Crippen LogP contribution in [0.4, 0.5) is 0 Å². The van der Waals surface area contributed by atoms with Gasteiger partial charge in [0.1, 0.15) is 5.60 Å². The number of rotatable bonds is 7. The van der Waals surface area contributed by atoms with E-state index < -0.39 is 5.60 Å². The molecule has 2 heterocycles. The molecule has 5 heteroatoms. The first kappa shape index (κ1) is 16.4. The molecule has 1 saturated heterocycles. The fraction of sp³-hybridized carbons (Fsp3) is 0.875. The molecule has 1 aromatic heterocycles. The van der Waals surface area contributed by atoms with Crippen LogP contribution in [0.1, 0.15) is 71.0 Å². The molecule has 0 aliphatic carbocycles. The van der Waals surface area contributed by atoms with Crippen molar-refractivity contribution in [3.63, 3.8) is 0 Å². The number of aromatic nitrogens is 2. The number of hydrogen-bond acceptors (Lipinski definition) is 5. The second kappa shape index (κ2) is 6.88. The van der Waals surface area contributed by atoms with E-state index in [0.29, 0.717) is 5.82 Å². The minimum Gasteiger partial charge on any atom is -0.370 e. The van der Waals surface area contributed by atoms with Gasteiger partial charge in [0, 0.05) is 13.7 Å². The highest BCUT2D eigenvalue weighted by Gasteiger charge is 2.41. The molecule has 2 rings (SSSR count). The zero-order valence-electron chi connectivity index (χ0n) is 13.9. The molecule has 21 heavy (non-hydrogen) atoms. The maximum Gasteiger partial charge on any atom is 0.234 e. The SMILES string of the molecule is CCCC1(c2nc(C(CC)(CC)OC)no2)CCCNC1. The number of ether oxygens (including phenoxy) is 1. The molecule has 0 amide bonds. The van der Waals surface area contributed by atoms with Gasteiger partial charge >= 0.3 is 0 Å². The van der Waals surface area contributed by atoms with Gasteiger partial charge in [0.15, 0.2) is 0 Å². The van der Waals surface area contributed by atoms with E-state index in [1.165, 1.54) is 0 Å². The summed E-state index contributed by atoms with van der Waals surface area (Å²) in [6.07, 6.45) is 6.18. The van der Waals surface area contributed by atoms with Gasteiger partial charge in [-0.25, -0.2) is 0 Å². The van der Waals surface area contributed by atoms with Gasteiger partial charge in [0.2, 0.25) is 11.7 Å². The maximum atomic E-state index is 5.72. The lowest BCUT2D eigenvalue weighted by Gasteiger charge is -2.34. The number of methoxy groups -OCH3 is 1. The standard InChI is InChI=1S/C16H29N3O2/c1-5-9-15(10-8-11-17-12-15)14-18-13(19-21-14)16(6-2,7-3)20-4/h17H,5-12H2,1-4H3. The van der Waals surface area contributed by atoms with Crippen LogP contribution in [0, 0.1) is 0 Å². The Balaban J connectivity index is 2.32. The van der Waals surface area contributed by atoms with Gasteiger partial charge in [-0.3, -0.25) is 0 Å². The molecular weight excluding hydrogens is 266 g/mol. The van der Waals surface area contributed by atoms with Gasteiger partial charge in [0.25, 0.3) is 0 Å². The first-order valence-corrected chi connectivity index (χ1v) is 8.27. The van der Waals surface area contributed by atoms with Crippen molar-refractivity contribution in [2.45, 2.75) is 70.3 Å². The average molecular weight is 295 g/mol. The van der Waals surface area contributed by atoms with Crippen molar-refractivity contribution in [1.82, 2.24) is 15.5 Å². The lowest BCUT2D eigenvalue weighted by atomic mass is 9.77. The van der Waals surface area contributed by atoms with E-state index in [4.69, 9.17) is 14.2 Å². The smallest absolute Gasteiger partial charge is 0.234 e. The normalized spacial score (nSPS) is 23.4. The van der Waals surface area contributed by atoms with Gasteiger partial charge in [-0.05, 0) is 38.6 Å². The zero-order chi connectivity index (χ0) is 15.3. The predicted molar refractivity (Wildman–Crippen MR) is 82.3 cm³/mol. The van der Waals surface area contributed by atoms with Crippen molar-refractivity contribution in [1.29, 1.82) is 0 Å². The monoisotopic (exact) mass is 295 g/mol. The Bertz CT molecular complexity index is 421. The van der Waals surface area contributed by atoms with E-state index in [1.807, 2.05) is 0 Å². The van der Waals surface area contributed by atoms with E-state index in [0.717, 1.165) is 57.5 Å². The highest BCUT2D eigenvalue weighted by molar-refractivity contribution is 5.11. The Hall–Kier alpha value is -0.940. The topological polar surface area (TPSA) is 60.2 Å². The summed E-state index contributed by atoms with van der Waals surface area (Å²) in [6.45, 7) is 8.43. The highest BCUT2D eigenvalue weighted by atomic mass is 16.5. The second-order valence-electron chi connectivity index (χ2n) is 6.14. The highest BCUT2D eigenvalue weighted by Crippen LogP contribution is 2.37. The fourth-order valence-corrected chi connectivity index (χ4v) is 3.52. The van der Waals surface area contributed by atoms with E-state index >= 15 is 0 Å². The number of nitrogens with one attached hydrogen (secondary N) is 1. The van der Waals surface area contributed by atoms with Crippen LogP contribution in [-0.4, -0.2) is 30.3 Å². The van der Waals surface area contributed by atoms with Crippen LogP contribution >= 0.6 is 0 Å². The molecule has 1 atom stereocenters. The maximum absolute atomic E-state index is 5.72. The van der Waals surface area contributed by atoms with Gasteiger partial charge in [-0.15, -0.1) is 0 Å². The van der Waals surface area contributed by atoms with E-state index in [2.05, 4.69) is 31.2 Å². The Labute approximate surface area is 127 Å². The first-order chi connectivity index (χ1) is 10.2. The van der Waals surface area contributed by atoms with Crippen LogP contribution in [0.5, 0.6) is 0 Å². The Morgan fingerprint density at radius 2 is 2.10 bits per heavy atom. The summed E-state index contributed by atoms with van der Waals surface area (Å²) >= 11 is 0. The zero-order valence-corrected chi connectivity index (χ0v) is 13.9. The number of nitrogens with zero attached hydrogens (tertiary/aromatic N) is 2. The van der Waals surface area contributed by atoms with E-state index in [9.17, 15) is 0 Å². The molecule has 1 N–H and O–H groups in total. The third kappa shape index (κ3) is 2.99. The largest absolute Gasteiger partial charge is 0.370 e. The Kier molecular flexibility index (Phi) is 5.38. The Morgan fingerprint density at radius 3 is 2.62 bits per heavy atom. The van der Waals surface area contributed by atoms with Crippen LogP contribution in [0.3, 0.4) is 0 Å². The number of hydrogen-bond donors (Lipinski definition) is 1. The van der Waals surface area contributed by atoms with E-state index in [-0.39, 0.29) is 5.41 Å². The summed E-state index contributed by atoms with van der Waals surface area (Å²) in [7, 11) is 1.73. The summed E-state index contributed by atoms with van der Waals surface area (Å²) in [5.41, 5.74) is -0.420. The average Bonchev–Trinajstić information content (AvgIpc) is 3.02. The number of piperidine rings is 1. The molecule has 1 aliphatic heterocycles. The molecular formula is C16H29N3O2. The lowest BCUT2D eigenvalue weighted by molar-refractivity contribution is -0.0306.